The summed E-state index contributed by atoms with van der Waals surface area (Å²) in [6.07, 6.45) is 2.61. The second-order valence-electron chi connectivity index (χ2n) is 6.21. The minimum absolute atomic E-state index is 0.0586. The Morgan fingerprint density at radius 1 is 1.44 bits per heavy atom. The van der Waals surface area contributed by atoms with Crippen LogP contribution >= 0.6 is 0 Å². The highest BCUT2D eigenvalue weighted by atomic mass is 19.1. The molecule has 134 valence electrons. The Bertz CT molecular complexity index is 716. The molecule has 1 fully saturated rings. The Labute approximate surface area is 146 Å². The summed E-state index contributed by atoms with van der Waals surface area (Å²) in [5, 5.41) is 7.52. The van der Waals surface area contributed by atoms with Crippen LogP contribution in [-0.2, 0) is 16.1 Å². The lowest BCUT2D eigenvalue weighted by Gasteiger charge is -2.23. The zero-order valence-corrected chi connectivity index (χ0v) is 14.2. The maximum Gasteiger partial charge on any atom is 0.239 e. The van der Waals surface area contributed by atoms with Crippen LogP contribution in [0.15, 0.2) is 36.5 Å². The molecule has 0 bridgehead atoms. The number of carbonyl (C=O) groups excluding carboxylic acids is 1. The van der Waals surface area contributed by atoms with Gasteiger partial charge in [0, 0.05) is 31.8 Å². The number of carbonyl (C=O) groups is 1. The molecule has 3 rings (SSSR count). The summed E-state index contributed by atoms with van der Waals surface area (Å²) >= 11 is 0. The number of aryl methyl sites for hydroxylation is 1. The standard InChI is InChI=1S/C18H23FN4O2/c1-2-23-15(7-9-22-23)17-13(8-10-25-17)11-21-16(18(20)24)12-3-5-14(19)6-4-12/h3-7,9,13,16-17,21H,2,8,10-11H2,1H3,(H2,20,24)/t13-,16+,17+/m0/s1. The van der Waals surface area contributed by atoms with E-state index in [1.165, 1.54) is 12.1 Å². The molecule has 1 aliphatic heterocycles. The number of hydrogen-bond donors (Lipinski definition) is 2. The van der Waals surface area contributed by atoms with E-state index in [9.17, 15) is 9.18 Å². The van der Waals surface area contributed by atoms with Gasteiger partial charge in [0.05, 0.1) is 5.69 Å². The summed E-state index contributed by atoms with van der Waals surface area (Å²) in [7, 11) is 0. The number of rotatable bonds is 7. The Hall–Kier alpha value is -2.25. The third-order valence-corrected chi connectivity index (χ3v) is 4.63. The Kier molecular flexibility index (Phi) is 5.45. The van der Waals surface area contributed by atoms with Crippen molar-refractivity contribution in [3.63, 3.8) is 0 Å². The molecule has 3 atom stereocenters. The molecule has 2 heterocycles. The number of nitrogens with zero attached hydrogens (tertiary/aromatic N) is 2. The van der Waals surface area contributed by atoms with Crippen molar-refractivity contribution in [2.45, 2.75) is 32.0 Å². The van der Waals surface area contributed by atoms with Gasteiger partial charge in [0.25, 0.3) is 0 Å². The molecule has 0 radical (unpaired) electrons. The molecular formula is C18H23FN4O2. The number of amides is 1. The highest BCUT2D eigenvalue weighted by Gasteiger charge is 2.32. The van der Waals surface area contributed by atoms with E-state index < -0.39 is 11.9 Å². The minimum Gasteiger partial charge on any atom is -0.372 e. The van der Waals surface area contributed by atoms with Crippen molar-refractivity contribution < 1.29 is 13.9 Å². The molecule has 1 amide bonds. The largest absolute Gasteiger partial charge is 0.372 e. The van der Waals surface area contributed by atoms with E-state index in [-0.39, 0.29) is 17.8 Å². The second kappa shape index (κ2) is 7.76. The number of aromatic nitrogens is 2. The van der Waals surface area contributed by atoms with Gasteiger partial charge in [0.15, 0.2) is 0 Å². The van der Waals surface area contributed by atoms with Gasteiger partial charge >= 0.3 is 0 Å². The van der Waals surface area contributed by atoms with E-state index in [1.807, 2.05) is 17.7 Å². The number of benzene rings is 1. The number of nitrogens with one attached hydrogen (secondary N) is 1. The quantitative estimate of drug-likeness (QED) is 0.803. The van der Waals surface area contributed by atoms with Crippen LogP contribution in [0.4, 0.5) is 4.39 Å². The molecule has 0 saturated carbocycles. The van der Waals surface area contributed by atoms with Crippen LogP contribution < -0.4 is 11.1 Å². The Morgan fingerprint density at radius 2 is 2.20 bits per heavy atom. The molecule has 1 aliphatic rings. The van der Waals surface area contributed by atoms with Gasteiger partial charge < -0.3 is 15.8 Å². The first-order valence-corrected chi connectivity index (χ1v) is 8.51. The van der Waals surface area contributed by atoms with Crippen molar-refractivity contribution >= 4 is 5.91 Å². The highest BCUT2D eigenvalue weighted by molar-refractivity contribution is 5.81. The zero-order valence-electron chi connectivity index (χ0n) is 14.2. The molecule has 1 aromatic heterocycles. The SMILES string of the molecule is CCn1nccc1[C@@H]1OCC[C@H]1CN[C@@H](C(N)=O)c1ccc(F)cc1. The van der Waals surface area contributed by atoms with E-state index >= 15 is 0 Å². The van der Waals surface area contributed by atoms with E-state index in [1.54, 1.807) is 18.3 Å². The number of nitrogens with two attached hydrogens (primary N) is 1. The van der Waals surface area contributed by atoms with E-state index in [2.05, 4.69) is 10.4 Å². The number of hydrogen-bond acceptors (Lipinski definition) is 4. The average molecular weight is 346 g/mol. The van der Waals surface area contributed by atoms with Crippen LogP contribution in [0.1, 0.15) is 36.7 Å². The molecule has 2 aromatic rings. The number of halogens is 1. The van der Waals surface area contributed by atoms with Gasteiger partial charge in [-0.1, -0.05) is 12.1 Å². The van der Waals surface area contributed by atoms with Crippen LogP contribution in [0, 0.1) is 11.7 Å². The van der Waals surface area contributed by atoms with E-state index in [0.29, 0.717) is 18.7 Å². The van der Waals surface area contributed by atoms with E-state index in [4.69, 9.17) is 10.5 Å². The summed E-state index contributed by atoms with van der Waals surface area (Å²) in [5.74, 6) is -0.617. The maximum atomic E-state index is 13.1. The predicted molar refractivity (Wildman–Crippen MR) is 91.0 cm³/mol. The Balaban J connectivity index is 1.70. The van der Waals surface area contributed by atoms with Gasteiger partial charge in [-0.15, -0.1) is 0 Å². The van der Waals surface area contributed by atoms with Crippen molar-refractivity contribution in [1.29, 1.82) is 0 Å². The predicted octanol–water partition coefficient (Wildman–Crippen LogP) is 1.94. The van der Waals surface area contributed by atoms with Gasteiger partial charge in [-0.2, -0.15) is 5.10 Å². The molecule has 0 spiro atoms. The molecule has 6 nitrogen and oxygen atoms in total. The molecule has 0 aliphatic carbocycles. The summed E-state index contributed by atoms with van der Waals surface area (Å²) < 4.78 is 20.9. The van der Waals surface area contributed by atoms with Crippen molar-refractivity contribution in [3.8, 4) is 0 Å². The monoisotopic (exact) mass is 346 g/mol. The maximum absolute atomic E-state index is 13.1. The van der Waals surface area contributed by atoms with Gasteiger partial charge in [-0.25, -0.2) is 4.39 Å². The summed E-state index contributed by atoms with van der Waals surface area (Å²) in [6, 6.07) is 7.12. The molecule has 7 heteroatoms. The Morgan fingerprint density at radius 3 is 2.88 bits per heavy atom. The van der Waals surface area contributed by atoms with Crippen LogP contribution in [-0.4, -0.2) is 28.8 Å². The van der Waals surface area contributed by atoms with Crippen molar-refractivity contribution in [2.75, 3.05) is 13.2 Å². The lowest BCUT2D eigenvalue weighted by molar-refractivity contribution is -0.120. The molecule has 25 heavy (non-hydrogen) atoms. The fraction of sp³-hybridized carbons (Fsp3) is 0.444. The van der Waals surface area contributed by atoms with Gasteiger partial charge in [-0.05, 0) is 37.1 Å². The third kappa shape index (κ3) is 3.88. The third-order valence-electron chi connectivity index (χ3n) is 4.63. The normalized spacial score (nSPS) is 21.4. The van der Waals surface area contributed by atoms with Crippen LogP contribution in [0.5, 0.6) is 0 Å². The molecule has 1 aromatic carbocycles. The second-order valence-corrected chi connectivity index (χ2v) is 6.21. The molecule has 3 N–H and O–H groups in total. The van der Waals surface area contributed by atoms with Crippen molar-refractivity contribution in [2.24, 2.45) is 11.7 Å². The molecule has 1 saturated heterocycles. The fourth-order valence-corrected chi connectivity index (χ4v) is 3.33. The van der Waals surface area contributed by atoms with Crippen LogP contribution in [0.2, 0.25) is 0 Å². The average Bonchev–Trinajstić information content (AvgIpc) is 3.24. The van der Waals surface area contributed by atoms with Gasteiger partial charge in [0.2, 0.25) is 5.91 Å². The minimum atomic E-state index is -0.655. The first-order chi connectivity index (χ1) is 12.1. The van der Waals surface area contributed by atoms with Crippen LogP contribution in [0.3, 0.4) is 0 Å². The number of ether oxygens (including phenoxy) is 1. The zero-order chi connectivity index (χ0) is 17.8. The van der Waals surface area contributed by atoms with Gasteiger partial charge in [-0.3, -0.25) is 9.48 Å². The lowest BCUT2D eigenvalue weighted by Crippen LogP contribution is -2.37. The fourth-order valence-electron chi connectivity index (χ4n) is 3.33. The first kappa shape index (κ1) is 17.6. The van der Waals surface area contributed by atoms with E-state index in [0.717, 1.165) is 18.7 Å². The topological polar surface area (TPSA) is 82.2 Å². The number of primary amides is 1. The van der Waals surface area contributed by atoms with Gasteiger partial charge in [0.1, 0.15) is 18.0 Å². The van der Waals surface area contributed by atoms with Crippen molar-refractivity contribution in [1.82, 2.24) is 15.1 Å². The summed E-state index contributed by atoms with van der Waals surface area (Å²) in [4.78, 5) is 11.8. The highest BCUT2D eigenvalue weighted by Crippen LogP contribution is 2.34. The lowest BCUT2D eigenvalue weighted by atomic mass is 9.97. The smallest absolute Gasteiger partial charge is 0.239 e. The first-order valence-electron chi connectivity index (χ1n) is 8.51. The molecular weight excluding hydrogens is 323 g/mol. The summed E-state index contributed by atoms with van der Waals surface area (Å²) in [6.45, 7) is 4.06. The summed E-state index contributed by atoms with van der Waals surface area (Å²) in [5.41, 5.74) is 7.23. The van der Waals surface area contributed by atoms with Crippen molar-refractivity contribution in [3.05, 3.63) is 53.6 Å². The molecule has 0 unspecified atom stereocenters. The van der Waals surface area contributed by atoms with Crippen LogP contribution in [0.25, 0.3) is 0 Å².